The van der Waals surface area contributed by atoms with Gasteiger partial charge in [0.15, 0.2) is 5.82 Å². The number of fused-ring (bicyclic) bond motifs is 1. The lowest BCUT2D eigenvalue weighted by Gasteiger charge is -2.42. The van der Waals surface area contributed by atoms with Gasteiger partial charge in [-0.1, -0.05) is 6.92 Å². The summed E-state index contributed by atoms with van der Waals surface area (Å²) in [5, 5.41) is 3.49. The van der Waals surface area contributed by atoms with Gasteiger partial charge in [-0.05, 0) is 62.4 Å². The van der Waals surface area contributed by atoms with Crippen LogP contribution in [0.2, 0.25) is 0 Å². The van der Waals surface area contributed by atoms with Crippen molar-refractivity contribution in [3.8, 4) is 5.75 Å². The fraction of sp³-hybridized carbons (Fsp3) is 0.476. The van der Waals surface area contributed by atoms with Crippen molar-refractivity contribution in [2.24, 2.45) is 17.4 Å². The largest absolute Gasteiger partial charge is 0.494 e. The first-order chi connectivity index (χ1) is 13.6. The first-order valence-electron chi connectivity index (χ1n) is 10.2. The second kappa shape index (κ2) is 7.85. The molecular weight excluding hydrogens is 352 g/mol. The van der Waals surface area contributed by atoms with Crippen molar-refractivity contribution in [3.05, 3.63) is 48.6 Å². The molecule has 1 aliphatic carbocycles. The SMILES string of the molecule is CCCOc1ccc(NC2=CC(N)(C3CCC(N)CC3)Nn3ccnc32)cc1. The molecule has 0 bridgehead atoms. The molecule has 1 atom stereocenters. The van der Waals surface area contributed by atoms with E-state index in [4.69, 9.17) is 16.2 Å². The van der Waals surface area contributed by atoms with Crippen LogP contribution in [0.1, 0.15) is 44.9 Å². The summed E-state index contributed by atoms with van der Waals surface area (Å²) < 4.78 is 7.58. The molecule has 2 aromatic rings. The third-order valence-electron chi connectivity index (χ3n) is 5.63. The molecule has 1 saturated carbocycles. The Morgan fingerprint density at radius 2 is 2.00 bits per heavy atom. The van der Waals surface area contributed by atoms with Gasteiger partial charge in [0.05, 0.1) is 12.3 Å². The Hall–Kier alpha value is -2.51. The van der Waals surface area contributed by atoms with Gasteiger partial charge in [0, 0.05) is 30.0 Å². The van der Waals surface area contributed by atoms with Gasteiger partial charge in [-0.2, -0.15) is 0 Å². The Balaban J connectivity index is 1.56. The van der Waals surface area contributed by atoms with E-state index in [0.717, 1.165) is 61.7 Å². The molecule has 1 aliphatic heterocycles. The first-order valence-corrected chi connectivity index (χ1v) is 10.2. The predicted molar refractivity (Wildman–Crippen MR) is 112 cm³/mol. The van der Waals surface area contributed by atoms with E-state index in [1.165, 1.54) is 0 Å². The summed E-state index contributed by atoms with van der Waals surface area (Å²) >= 11 is 0. The highest BCUT2D eigenvalue weighted by Gasteiger charge is 2.39. The third kappa shape index (κ3) is 3.86. The van der Waals surface area contributed by atoms with Crippen LogP contribution in [-0.2, 0) is 0 Å². The lowest BCUT2D eigenvalue weighted by Crippen LogP contribution is -2.58. The Labute approximate surface area is 166 Å². The van der Waals surface area contributed by atoms with Crippen molar-refractivity contribution < 1.29 is 4.74 Å². The molecule has 7 nitrogen and oxygen atoms in total. The Morgan fingerprint density at radius 1 is 1.25 bits per heavy atom. The summed E-state index contributed by atoms with van der Waals surface area (Å²) in [5.74, 6) is 2.02. The highest BCUT2D eigenvalue weighted by Crippen LogP contribution is 2.35. The Kier molecular flexibility index (Phi) is 5.28. The van der Waals surface area contributed by atoms with E-state index in [9.17, 15) is 0 Å². The topological polar surface area (TPSA) is 103 Å². The monoisotopic (exact) mass is 382 g/mol. The van der Waals surface area contributed by atoms with Crippen molar-refractivity contribution >= 4 is 11.4 Å². The van der Waals surface area contributed by atoms with Crippen LogP contribution in [0.5, 0.6) is 5.75 Å². The molecular formula is C21H30N6O. The van der Waals surface area contributed by atoms with E-state index in [2.05, 4.69) is 28.7 Å². The van der Waals surface area contributed by atoms with Crippen molar-refractivity contribution in [1.82, 2.24) is 9.66 Å². The molecule has 1 aromatic carbocycles. The molecule has 6 N–H and O–H groups in total. The number of nitrogens with two attached hydrogens (primary N) is 2. The summed E-state index contributed by atoms with van der Waals surface area (Å²) in [5.41, 5.74) is 17.6. The number of imidazole rings is 1. The normalized spacial score (nSPS) is 26.8. The standard InChI is InChI=1S/C21H30N6O/c1-2-13-28-18-9-7-17(8-10-18)25-19-14-21(23,15-3-5-16(22)6-4-15)26-27-12-11-24-20(19)27/h7-12,14-16,25-26H,2-6,13,22-23H2,1H3. The molecule has 1 aromatic heterocycles. The minimum absolute atomic E-state index is 0.294. The van der Waals surface area contributed by atoms with Crippen LogP contribution in [-0.4, -0.2) is 28.0 Å². The van der Waals surface area contributed by atoms with E-state index < -0.39 is 5.66 Å². The molecule has 150 valence electrons. The number of ether oxygens (including phenoxy) is 1. The van der Waals surface area contributed by atoms with E-state index in [1.54, 1.807) is 6.20 Å². The number of aromatic nitrogens is 2. The number of rotatable bonds is 6. The van der Waals surface area contributed by atoms with Gasteiger partial charge in [0.1, 0.15) is 11.4 Å². The van der Waals surface area contributed by atoms with E-state index >= 15 is 0 Å². The van der Waals surface area contributed by atoms with Gasteiger partial charge in [-0.15, -0.1) is 0 Å². The van der Waals surface area contributed by atoms with Crippen molar-refractivity contribution in [2.45, 2.75) is 50.7 Å². The highest BCUT2D eigenvalue weighted by molar-refractivity contribution is 5.76. The smallest absolute Gasteiger partial charge is 0.174 e. The van der Waals surface area contributed by atoms with Gasteiger partial charge in [-0.3, -0.25) is 0 Å². The summed E-state index contributed by atoms with van der Waals surface area (Å²) in [6, 6.07) is 8.27. The van der Waals surface area contributed by atoms with Gasteiger partial charge < -0.3 is 26.9 Å². The Bertz CT molecular complexity index is 822. The average molecular weight is 383 g/mol. The molecule has 1 fully saturated rings. The number of nitrogens with one attached hydrogen (secondary N) is 2. The van der Waals surface area contributed by atoms with Crippen LogP contribution in [0.4, 0.5) is 5.69 Å². The van der Waals surface area contributed by atoms with E-state index in [1.807, 2.05) is 35.1 Å². The maximum absolute atomic E-state index is 6.84. The number of nitrogens with zero attached hydrogens (tertiary/aromatic N) is 2. The highest BCUT2D eigenvalue weighted by atomic mass is 16.5. The zero-order valence-electron chi connectivity index (χ0n) is 16.4. The quantitative estimate of drug-likeness (QED) is 0.613. The van der Waals surface area contributed by atoms with Crippen molar-refractivity contribution in [1.29, 1.82) is 0 Å². The van der Waals surface area contributed by atoms with Crippen molar-refractivity contribution in [2.75, 3.05) is 17.3 Å². The molecule has 0 spiro atoms. The van der Waals surface area contributed by atoms with Crippen LogP contribution < -0.4 is 26.9 Å². The summed E-state index contributed by atoms with van der Waals surface area (Å²) in [6.07, 6.45) is 10.8. The predicted octanol–water partition coefficient (Wildman–Crippen LogP) is 2.85. The van der Waals surface area contributed by atoms with Crippen LogP contribution >= 0.6 is 0 Å². The maximum atomic E-state index is 6.84. The minimum atomic E-state index is -0.639. The lowest BCUT2D eigenvalue weighted by atomic mass is 9.78. The maximum Gasteiger partial charge on any atom is 0.174 e. The molecule has 0 saturated heterocycles. The molecule has 4 rings (SSSR count). The zero-order valence-corrected chi connectivity index (χ0v) is 16.4. The van der Waals surface area contributed by atoms with E-state index in [-0.39, 0.29) is 0 Å². The van der Waals surface area contributed by atoms with Crippen LogP contribution in [0, 0.1) is 5.92 Å². The van der Waals surface area contributed by atoms with Gasteiger partial charge in [-0.25, -0.2) is 9.66 Å². The second-order valence-corrected chi connectivity index (χ2v) is 7.83. The Morgan fingerprint density at radius 3 is 2.71 bits per heavy atom. The van der Waals surface area contributed by atoms with Gasteiger partial charge in [0.2, 0.25) is 0 Å². The third-order valence-corrected chi connectivity index (χ3v) is 5.63. The summed E-state index contributed by atoms with van der Waals surface area (Å²) in [7, 11) is 0. The number of anilines is 1. The molecule has 0 radical (unpaired) electrons. The zero-order chi connectivity index (χ0) is 19.6. The minimum Gasteiger partial charge on any atom is -0.494 e. The molecule has 0 amide bonds. The van der Waals surface area contributed by atoms with Gasteiger partial charge >= 0.3 is 0 Å². The number of hydrogen-bond acceptors (Lipinski definition) is 6. The van der Waals surface area contributed by atoms with Gasteiger partial charge in [0.25, 0.3) is 0 Å². The summed E-state index contributed by atoms with van der Waals surface area (Å²) in [6.45, 7) is 2.82. The first kappa shape index (κ1) is 18.8. The van der Waals surface area contributed by atoms with Crippen LogP contribution in [0.3, 0.4) is 0 Å². The van der Waals surface area contributed by atoms with Crippen LogP contribution in [0.15, 0.2) is 42.7 Å². The molecule has 2 aliphatic rings. The molecule has 28 heavy (non-hydrogen) atoms. The molecule has 2 heterocycles. The number of hydrogen-bond donors (Lipinski definition) is 4. The fourth-order valence-corrected chi connectivity index (χ4v) is 4.05. The van der Waals surface area contributed by atoms with Crippen molar-refractivity contribution in [3.63, 3.8) is 0 Å². The number of benzene rings is 1. The van der Waals surface area contributed by atoms with Crippen LogP contribution in [0.25, 0.3) is 5.70 Å². The average Bonchev–Trinajstić information content (AvgIpc) is 3.16. The second-order valence-electron chi connectivity index (χ2n) is 7.83. The lowest BCUT2D eigenvalue weighted by molar-refractivity contribution is 0.239. The molecule has 1 unspecified atom stereocenters. The summed E-state index contributed by atoms with van der Waals surface area (Å²) in [4.78, 5) is 4.48. The fourth-order valence-electron chi connectivity index (χ4n) is 4.05. The van der Waals surface area contributed by atoms with E-state index in [0.29, 0.717) is 12.0 Å². The molecule has 7 heteroatoms.